The molecule has 3 heteroatoms. The Morgan fingerprint density at radius 1 is 0.513 bits per heavy atom. The molecule has 1 heterocycles. The largest absolute Gasteiger partial charge is 0.309 e. The van der Waals surface area contributed by atoms with Crippen molar-refractivity contribution in [1.29, 1.82) is 10.5 Å². The minimum absolute atomic E-state index is 0.480. The number of nitrogens with zero attached hydrogens (tertiary/aromatic N) is 3. The highest BCUT2D eigenvalue weighted by atomic mass is 15.0. The Morgan fingerprint density at radius 2 is 1.21 bits per heavy atom. The van der Waals surface area contributed by atoms with E-state index in [1.807, 2.05) is 18.2 Å². The van der Waals surface area contributed by atoms with Gasteiger partial charge in [0.05, 0.1) is 34.3 Å². The smallest absolute Gasteiger partial charge is 0.0992 e. The molecule has 0 spiro atoms. The molecule has 7 aromatic carbocycles. The molecule has 0 amide bonds. The summed E-state index contributed by atoms with van der Waals surface area (Å²) in [7, 11) is 0. The summed E-state index contributed by atoms with van der Waals surface area (Å²) in [6.07, 6.45) is 0. The molecule has 0 unspecified atom stereocenters. The average Bonchev–Trinajstić information content (AvgIpc) is 3.36. The zero-order valence-electron chi connectivity index (χ0n) is 20.8. The molecule has 1 aromatic heterocycles. The predicted octanol–water partition coefficient (Wildman–Crippen LogP) is 9.09. The van der Waals surface area contributed by atoms with Crippen LogP contribution < -0.4 is 0 Å². The van der Waals surface area contributed by atoms with Crippen LogP contribution in [0.5, 0.6) is 0 Å². The van der Waals surface area contributed by atoms with Crippen molar-refractivity contribution in [3.63, 3.8) is 0 Å². The summed E-state index contributed by atoms with van der Waals surface area (Å²) in [5.41, 5.74) is 6.11. The second-order valence-corrected chi connectivity index (χ2v) is 9.99. The predicted molar refractivity (Wildman–Crippen MR) is 159 cm³/mol. The molecule has 0 bridgehead atoms. The standard InChI is InChI=1S/C36H19N3/c37-20-22-17-23(21-38)19-25(18-22)28-15-16-30-29-14-13-24-7-4-5-10-27(24)33(29)31-11-6-12-32-34(31)35(30)36(28)39(32)26-8-2-1-3-9-26/h1-19H. The minimum Gasteiger partial charge on any atom is -0.309 e. The molecule has 8 rings (SSSR count). The Kier molecular flexibility index (Phi) is 4.36. The van der Waals surface area contributed by atoms with Crippen LogP contribution in [0, 0.1) is 22.7 Å². The Bertz CT molecular complexity index is 2310. The van der Waals surface area contributed by atoms with E-state index < -0.39 is 0 Å². The Morgan fingerprint density at radius 3 is 2.00 bits per heavy atom. The van der Waals surface area contributed by atoms with Crippen molar-refractivity contribution in [2.75, 3.05) is 0 Å². The van der Waals surface area contributed by atoms with Gasteiger partial charge in [0.2, 0.25) is 0 Å². The van der Waals surface area contributed by atoms with Gasteiger partial charge in [0.25, 0.3) is 0 Å². The van der Waals surface area contributed by atoms with Crippen LogP contribution in [0.2, 0.25) is 0 Å². The normalized spacial score (nSPS) is 11.5. The van der Waals surface area contributed by atoms with E-state index in [4.69, 9.17) is 0 Å². The summed E-state index contributed by atoms with van der Waals surface area (Å²) in [6, 6.07) is 44.3. The van der Waals surface area contributed by atoms with Crippen LogP contribution in [0.25, 0.3) is 70.9 Å². The third kappa shape index (κ3) is 2.90. The fourth-order valence-electron chi connectivity index (χ4n) is 6.40. The fraction of sp³-hybridized carbons (Fsp3) is 0. The molecule has 0 fully saturated rings. The quantitative estimate of drug-likeness (QED) is 0.226. The summed E-state index contributed by atoms with van der Waals surface area (Å²) in [6.45, 7) is 0. The van der Waals surface area contributed by atoms with Crippen molar-refractivity contribution in [2.24, 2.45) is 0 Å². The van der Waals surface area contributed by atoms with Crippen molar-refractivity contribution < 1.29 is 0 Å². The van der Waals surface area contributed by atoms with Crippen LogP contribution >= 0.6 is 0 Å². The van der Waals surface area contributed by atoms with Gasteiger partial charge in [-0.1, -0.05) is 78.9 Å². The average molecular weight is 494 g/mol. The molecule has 0 saturated carbocycles. The van der Waals surface area contributed by atoms with Gasteiger partial charge in [-0.15, -0.1) is 0 Å². The summed E-state index contributed by atoms with van der Waals surface area (Å²) < 4.78 is 2.34. The summed E-state index contributed by atoms with van der Waals surface area (Å²) in [4.78, 5) is 0. The lowest BCUT2D eigenvalue weighted by Gasteiger charge is -2.14. The van der Waals surface area contributed by atoms with Gasteiger partial charge in [-0.25, -0.2) is 0 Å². The number of para-hydroxylation sites is 1. The molecule has 0 N–H and O–H groups in total. The summed E-state index contributed by atoms with van der Waals surface area (Å²) >= 11 is 0. The molecule has 3 nitrogen and oxygen atoms in total. The van der Waals surface area contributed by atoms with E-state index in [-0.39, 0.29) is 0 Å². The number of hydrogen-bond donors (Lipinski definition) is 0. The van der Waals surface area contributed by atoms with Gasteiger partial charge in [0.15, 0.2) is 0 Å². The Balaban J connectivity index is 1.66. The summed E-state index contributed by atoms with van der Waals surface area (Å²) in [5, 5.41) is 29.2. The monoisotopic (exact) mass is 493 g/mol. The number of aromatic nitrogens is 1. The second-order valence-electron chi connectivity index (χ2n) is 9.99. The molecule has 178 valence electrons. The number of nitriles is 2. The zero-order valence-corrected chi connectivity index (χ0v) is 20.8. The van der Waals surface area contributed by atoms with E-state index in [1.165, 1.54) is 43.1 Å². The maximum Gasteiger partial charge on any atom is 0.0992 e. The Labute approximate surface area is 224 Å². The van der Waals surface area contributed by atoms with Gasteiger partial charge >= 0.3 is 0 Å². The van der Waals surface area contributed by atoms with E-state index >= 15 is 0 Å². The lowest BCUT2D eigenvalue weighted by molar-refractivity contribution is 1.18. The number of hydrogen-bond acceptors (Lipinski definition) is 2. The highest BCUT2D eigenvalue weighted by Crippen LogP contribution is 2.48. The van der Waals surface area contributed by atoms with Gasteiger partial charge < -0.3 is 4.57 Å². The van der Waals surface area contributed by atoms with Crippen molar-refractivity contribution in [1.82, 2.24) is 4.57 Å². The molecular formula is C36H19N3. The number of fused-ring (bicyclic) bond motifs is 5. The van der Waals surface area contributed by atoms with Crippen molar-refractivity contribution in [2.45, 2.75) is 0 Å². The highest BCUT2D eigenvalue weighted by molar-refractivity contribution is 6.39. The minimum atomic E-state index is 0.480. The van der Waals surface area contributed by atoms with Crippen LogP contribution in [0.1, 0.15) is 11.1 Å². The summed E-state index contributed by atoms with van der Waals surface area (Å²) in [5.74, 6) is 0. The van der Waals surface area contributed by atoms with E-state index in [2.05, 4.69) is 108 Å². The van der Waals surface area contributed by atoms with Gasteiger partial charge in [-0.2, -0.15) is 10.5 Å². The molecule has 0 saturated heterocycles. The first-order chi connectivity index (χ1) is 19.3. The van der Waals surface area contributed by atoms with E-state index in [0.717, 1.165) is 27.8 Å². The third-order valence-corrected chi connectivity index (χ3v) is 7.94. The Hall–Kier alpha value is -5.64. The number of benzene rings is 7. The van der Waals surface area contributed by atoms with Crippen LogP contribution in [-0.4, -0.2) is 4.57 Å². The molecule has 0 aliphatic heterocycles. The topological polar surface area (TPSA) is 52.5 Å². The number of rotatable bonds is 2. The zero-order chi connectivity index (χ0) is 26.1. The van der Waals surface area contributed by atoms with Crippen LogP contribution in [0.3, 0.4) is 0 Å². The van der Waals surface area contributed by atoms with E-state index in [1.54, 1.807) is 6.07 Å². The van der Waals surface area contributed by atoms with Gasteiger partial charge in [-0.3, -0.25) is 0 Å². The molecule has 0 atom stereocenters. The van der Waals surface area contributed by atoms with E-state index in [0.29, 0.717) is 11.1 Å². The lowest BCUT2D eigenvalue weighted by Crippen LogP contribution is -1.95. The van der Waals surface area contributed by atoms with E-state index in [9.17, 15) is 10.5 Å². The van der Waals surface area contributed by atoms with Crippen molar-refractivity contribution >= 4 is 54.1 Å². The fourth-order valence-corrected chi connectivity index (χ4v) is 6.40. The highest BCUT2D eigenvalue weighted by Gasteiger charge is 2.23. The van der Waals surface area contributed by atoms with Gasteiger partial charge in [-0.05, 0) is 74.3 Å². The maximum atomic E-state index is 9.71. The molecule has 0 aliphatic rings. The van der Waals surface area contributed by atoms with Crippen molar-refractivity contribution in [3.05, 3.63) is 126 Å². The molecule has 0 aliphatic carbocycles. The van der Waals surface area contributed by atoms with Gasteiger partial charge in [0.1, 0.15) is 0 Å². The van der Waals surface area contributed by atoms with Crippen LogP contribution in [0.4, 0.5) is 0 Å². The maximum absolute atomic E-state index is 9.71. The molecule has 39 heavy (non-hydrogen) atoms. The first-order valence-electron chi connectivity index (χ1n) is 12.9. The lowest BCUT2D eigenvalue weighted by atomic mass is 9.89. The second kappa shape index (κ2) is 7.93. The van der Waals surface area contributed by atoms with Crippen LogP contribution in [0.15, 0.2) is 115 Å². The van der Waals surface area contributed by atoms with Crippen LogP contribution in [-0.2, 0) is 0 Å². The molecule has 8 aromatic rings. The molecular weight excluding hydrogens is 474 g/mol. The molecule has 0 radical (unpaired) electrons. The van der Waals surface area contributed by atoms with Crippen molar-refractivity contribution in [3.8, 4) is 29.0 Å². The first-order valence-corrected chi connectivity index (χ1v) is 12.9. The first kappa shape index (κ1) is 21.4. The van der Waals surface area contributed by atoms with Gasteiger partial charge in [0, 0.05) is 22.0 Å². The SMILES string of the molecule is N#Cc1cc(C#N)cc(-c2ccc3c4ccc5ccccc5c4c4cccc5c4c3c2n5-c2ccccc2)c1. The third-order valence-electron chi connectivity index (χ3n) is 7.94.